The SMILES string of the molecule is C=C1C(C(C)=O)=CC(C)=C(c2ccccc2)N1NC. The average molecular weight is 254 g/mol. The van der Waals surface area contributed by atoms with Gasteiger partial charge in [-0.25, -0.2) is 5.43 Å². The predicted molar refractivity (Wildman–Crippen MR) is 77.8 cm³/mol. The number of allylic oxidation sites excluding steroid dienone is 3. The van der Waals surface area contributed by atoms with E-state index in [0.29, 0.717) is 11.3 Å². The molecule has 19 heavy (non-hydrogen) atoms. The second-order valence-electron chi connectivity index (χ2n) is 4.52. The molecule has 98 valence electrons. The molecule has 0 radical (unpaired) electrons. The molecule has 0 spiro atoms. The maximum absolute atomic E-state index is 11.7. The van der Waals surface area contributed by atoms with E-state index in [-0.39, 0.29) is 5.78 Å². The highest BCUT2D eigenvalue weighted by molar-refractivity contribution is 5.99. The minimum Gasteiger partial charge on any atom is -0.294 e. The number of nitrogens with one attached hydrogen (secondary N) is 1. The van der Waals surface area contributed by atoms with Gasteiger partial charge in [0.05, 0.1) is 11.4 Å². The van der Waals surface area contributed by atoms with Crippen LogP contribution in [0.1, 0.15) is 19.4 Å². The monoisotopic (exact) mass is 254 g/mol. The highest BCUT2D eigenvalue weighted by Gasteiger charge is 2.24. The van der Waals surface area contributed by atoms with Gasteiger partial charge in [-0.2, -0.15) is 0 Å². The van der Waals surface area contributed by atoms with Crippen molar-refractivity contribution in [3.63, 3.8) is 0 Å². The molecular weight excluding hydrogens is 236 g/mol. The van der Waals surface area contributed by atoms with E-state index in [1.807, 2.05) is 55.4 Å². The van der Waals surface area contributed by atoms with Crippen molar-refractivity contribution in [2.75, 3.05) is 7.05 Å². The highest BCUT2D eigenvalue weighted by Crippen LogP contribution is 2.33. The summed E-state index contributed by atoms with van der Waals surface area (Å²) in [4.78, 5) is 11.7. The molecule has 1 aliphatic rings. The molecule has 0 fully saturated rings. The molecular formula is C16H18N2O. The summed E-state index contributed by atoms with van der Waals surface area (Å²) in [7, 11) is 1.82. The zero-order chi connectivity index (χ0) is 14.0. The Morgan fingerprint density at radius 3 is 2.42 bits per heavy atom. The van der Waals surface area contributed by atoms with Crippen molar-refractivity contribution >= 4 is 11.5 Å². The van der Waals surface area contributed by atoms with Gasteiger partial charge >= 0.3 is 0 Å². The quantitative estimate of drug-likeness (QED) is 0.900. The fourth-order valence-electron chi connectivity index (χ4n) is 2.30. The number of hydrogen-bond acceptors (Lipinski definition) is 3. The number of hydrogen-bond donors (Lipinski definition) is 1. The number of carbonyl (C=O) groups excluding carboxylic acids is 1. The molecule has 0 unspecified atom stereocenters. The van der Waals surface area contributed by atoms with Crippen molar-refractivity contribution in [2.45, 2.75) is 13.8 Å². The molecule has 1 aromatic rings. The molecule has 0 bridgehead atoms. The van der Waals surface area contributed by atoms with Gasteiger partial charge in [0.15, 0.2) is 5.78 Å². The summed E-state index contributed by atoms with van der Waals surface area (Å²) >= 11 is 0. The minimum atomic E-state index is 0.0247. The summed E-state index contributed by atoms with van der Waals surface area (Å²) in [6.45, 7) is 7.58. The van der Waals surface area contributed by atoms with Crippen LogP contribution in [-0.2, 0) is 4.79 Å². The summed E-state index contributed by atoms with van der Waals surface area (Å²) in [5, 5.41) is 1.86. The Labute approximate surface area is 113 Å². The van der Waals surface area contributed by atoms with E-state index in [2.05, 4.69) is 12.0 Å². The van der Waals surface area contributed by atoms with Gasteiger partial charge in [0, 0.05) is 12.6 Å². The summed E-state index contributed by atoms with van der Waals surface area (Å²) in [6.07, 6.45) is 1.90. The first-order chi connectivity index (χ1) is 9.06. The van der Waals surface area contributed by atoms with E-state index in [0.717, 1.165) is 16.8 Å². The fourth-order valence-corrected chi connectivity index (χ4v) is 2.30. The van der Waals surface area contributed by atoms with Gasteiger partial charge in [-0.3, -0.25) is 9.80 Å². The third kappa shape index (κ3) is 2.37. The van der Waals surface area contributed by atoms with Gasteiger partial charge in [0.25, 0.3) is 0 Å². The maximum atomic E-state index is 11.7. The van der Waals surface area contributed by atoms with Crippen molar-refractivity contribution in [3.05, 3.63) is 65.4 Å². The molecule has 0 atom stereocenters. The van der Waals surface area contributed by atoms with E-state index in [1.165, 1.54) is 0 Å². The Hall–Kier alpha value is -2.13. The standard InChI is InChI=1S/C16H18N2O/c1-11-10-15(13(3)19)12(2)18(17-4)16(11)14-8-6-5-7-9-14/h5-10,17H,2H2,1,3-4H3. The second kappa shape index (κ2) is 5.24. The van der Waals surface area contributed by atoms with Crippen LogP contribution in [0.25, 0.3) is 5.70 Å². The summed E-state index contributed by atoms with van der Waals surface area (Å²) in [5.74, 6) is 0.0247. The lowest BCUT2D eigenvalue weighted by Crippen LogP contribution is -2.36. The van der Waals surface area contributed by atoms with Crippen LogP contribution in [-0.4, -0.2) is 17.8 Å². The molecule has 1 N–H and O–H groups in total. The Morgan fingerprint density at radius 1 is 1.26 bits per heavy atom. The number of ketones is 1. The molecule has 1 aliphatic heterocycles. The summed E-state index contributed by atoms with van der Waals surface area (Å²) < 4.78 is 0. The number of rotatable bonds is 3. The molecule has 0 aliphatic carbocycles. The number of hydrazine groups is 1. The van der Waals surface area contributed by atoms with Gasteiger partial charge in [-0.1, -0.05) is 36.9 Å². The van der Waals surface area contributed by atoms with E-state index in [1.54, 1.807) is 6.92 Å². The molecule has 1 heterocycles. The smallest absolute Gasteiger partial charge is 0.161 e. The number of nitrogens with zero attached hydrogens (tertiary/aromatic N) is 1. The molecule has 3 nitrogen and oxygen atoms in total. The minimum absolute atomic E-state index is 0.0247. The van der Waals surface area contributed by atoms with Crippen LogP contribution >= 0.6 is 0 Å². The average Bonchev–Trinajstić information content (AvgIpc) is 2.41. The first kappa shape index (κ1) is 13.3. The van der Waals surface area contributed by atoms with Crippen molar-refractivity contribution in [2.24, 2.45) is 0 Å². The van der Waals surface area contributed by atoms with E-state index >= 15 is 0 Å². The molecule has 0 saturated heterocycles. The molecule has 0 saturated carbocycles. The Kier molecular flexibility index (Phi) is 3.67. The van der Waals surface area contributed by atoms with Gasteiger partial charge < -0.3 is 0 Å². The van der Waals surface area contributed by atoms with Crippen LogP contribution in [0.2, 0.25) is 0 Å². The highest BCUT2D eigenvalue weighted by atomic mass is 16.1. The maximum Gasteiger partial charge on any atom is 0.161 e. The van der Waals surface area contributed by atoms with Gasteiger partial charge in [0.1, 0.15) is 0 Å². The summed E-state index contributed by atoms with van der Waals surface area (Å²) in [5.41, 5.74) is 7.58. The van der Waals surface area contributed by atoms with Crippen LogP contribution in [0.5, 0.6) is 0 Å². The second-order valence-corrected chi connectivity index (χ2v) is 4.52. The lowest BCUT2D eigenvalue weighted by atomic mass is 9.96. The van der Waals surface area contributed by atoms with Crippen LogP contribution < -0.4 is 5.43 Å². The number of benzene rings is 1. The van der Waals surface area contributed by atoms with Crippen molar-refractivity contribution in [3.8, 4) is 0 Å². The lowest BCUT2D eigenvalue weighted by Gasteiger charge is -2.33. The van der Waals surface area contributed by atoms with Gasteiger partial charge in [-0.15, -0.1) is 0 Å². The lowest BCUT2D eigenvalue weighted by molar-refractivity contribution is -0.113. The van der Waals surface area contributed by atoms with Crippen LogP contribution in [0.4, 0.5) is 0 Å². The topological polar surface area (TPSA) is 32.3 Å². The van der Waals surface area contributed by atoms with Crippen molar-refractivity contribution < 1.29 is 4.79 Å². The largest absolute Gasteiger partial charge is 0.294 e. The molecule has 2 rings (SSSR count). The van der Waals surface area contributed by atoms with E-state index < -0.39 is 0 Å². The van der Waals surface area contributed by atoms with Gasteiger partial charge in [-0.05, 0) is 31.1 Å². The Balaban J connectivity index is 2.60. The molecule has 0 aromatic heterocycles. The van der Waals surface area contributed by atoms with Crippen LogP contribution in [0, 0.1) is 0 Å². The number of Topliss-reactive ketones (excluding diaryl/α,β-unsaturated/α-hetero) is 1. The molecule has 1 aromatic carbocycles. The molecule has 3 heteroatoms. The Bertz CT molecular complexity index is 582. The third-order valence-corrected chi connectivity index (χ3v) is 3.19. The zero-order valence-electron chi connectivity index (χ0n) is 11.5. The zero-order valence-corrected chi connectivity index (χ0v) is 11.5. The summed E-state index contributed by atoms with van der Waals surface area (Å²) in [6, 6.07) is 10.1. The predicted octanol–water partition coefficient (Wildman–Crippen LogP) is 2.90. The first-order valence-corrected chi connectivity index (χ1v) is 6.22. The molecule has 0 amide bonds. The Morgan fingerprint density at radius 2 is 1.89 bits per heavy atom. The van der Waals surface area contributed by atoms with Crippen LogP contribution in [0.15, 0.2) is 59.8 Å². The normalized spacial score (nSPS) is 15.6. The first-order valence-electron chi connectivity index (χ1n) is 6.22. The van der Waals surface area contributed by atoms with Crippen LogP contribution in [0.3, 0.4) is 0 Å². The van der Waals surface area contributed by atoms with Gasteiger partial charge in [0.2, 0.25) is 0 Å². The van der Waals surface area contributed by atoms with E-state index in [9.17, 15) is 4.79 Å². The number of carbonyl (C=O) groups is 1. The van der Waals surface area contributed by atoms with Crippen molar-refractivity contribution in [1.29, 1.82) is 0 Å². The van der Waals surface area contributed by atoms with E-state index in [4.69, 9.17) is 0 Å². The van der Waals surface area contributed by atoms with Crippen molar-refractivity contribution in [1.82, 2.24) is 10.4 Å². The third-order valence-electron chi connectivity index (χ3n) is 3.19. The fraction of sp³-hybridized carbons (Fsp3) is 0.188.